The number of rotatable bonds is 1. The van der Waals surface area contributed by atoms with Crippen LogP contribution in [0.1, 0.15) is 0 Å². The highest BCUT2D eigenvalue weighted by Gasteiger charge is 2.15. The fourth-order valence-corrected chi connectivity index (χ4v) is 1.77. The molecule has 0 radical (unpaired) electrons. The quantitative estimate of drug-likeness (QED) is 0.581. The standard InChI is InChI=1S/C8HCl5N4/c9-2-1-14-7(16-5(2)11)4-3(10)6(12)17-8(13)15-4/h1H. The Hall–Kier alpha value is -0.390. The van der Waals surface area contributed by atoms with Crippen molar-refractivity contribution in [2.45, 2.75) is 0 Å². The van der Waals surface area contributed by atoms with Gasteiger partial charge in [0.15, 0.2) is 16.1 Å². The van der Waals surface area contributed by atoms with E-state index in [1.165, 1.54) is 6.20 Å². The minimum Gasteiger partial charge on any atom is -0.233 e. The zero-order valence-corrected chi connectivity index (χ0v) is 11.5. The Morgan fingerprint density at radius 2 is 1.53 bits per heavy atom. The molecule has 4 nitrogen and oxygen atoms in total. The second-order valence-corrected chi connectivity index (χ2v) is 4.62. The molecule has 2 heterocycles. The van der Waals surface area contributed by atoms with Crippen LogP contribution >= 0.6 is 58.0 Å². The molecule has 0 N–H and O–H groups in total. The van der Waals surface area contributed by atoms with E-state index < -0.39 is 0 Å². The van der Waals surface area contributed by atoms with E-state index in [4.69, 9.17) is 58.0 Å². The molecular formula is C8HCl5N4. The fourth-order valence-electron chi connectivity index (χ4n) is 1.00. The zero-order valence-electron chi connectivity index (χ0n) is 7.76. The van der Waals surface area contributed by atoms with Crippen molar-refractivity contribution in [2.24, 2.45) is 0 Å². The number of hydrogen-bond donors (Lipinski definition) is 0. The molecule has 2 aromatic heterocycles. The Labute approximate surface area is 121 Å². The molecular weight excluding hydrogens is 329 g/mol. The van der Waals surface area contributed by atoms with E-state index >= 15 is 0 Å². The number of hydrogen-bond acceptors (Lipinski definition) is 4. The molecule has 2 aromatic rings. The lowest BCUT2D eigenvalue weighted by Gasteiger charge is -2.04. The predicted octanol–water partition coefficient (Wildman–Crippen LogP) is 4.20. The molecule has 0 spiro atoms. The maximum Gasteiger partial charge on any atom is 0.224 e. The summed E-state index contributed by atoms with van der Waals surface area (Å²) in [6, 6.07) is 0. The van der Waals surface area contributed by atoms with Crippen LogP contribution in [0, 0.1) is 0 Å². The molecule has 0 fully saturated rings. The van der Waals surface area contributed by atoms with Gasteiger partial charge in [0.1, 0.15) is 10.7 Å². The minimum atomic E-state index is -0.0657. The van der Waals surface area contributed by atoms with Gasteiger partial charge in [-0.05, 0) is 11.6 Å². The smallest absolute Gasteiger partial charge is 0.224 e. The van der Waals surface area contributed by atoms with Gasteiger partial charge in [-0.1, -0.05) is 46.4 Å². The zero-order chi connectivity index (χ0) is 12.6. The molecule has 17 heavy (non-hydrogen) atoms. The van der Waals surface area contributed by atoms with Crippen LogP contribution in [0.2, 0.25) is 25.6 Å². The van der Waals surface area contributed by atoms with Crippen molar-refractivity contribution in [3.63, 3.8) is 0 Å². The molecule has 0 aromatic carbocycles. The molecule has 0 unspecified atom stereocenters. The summed E-state index contributed by atoms with van der Waals surface area (Å²) in [4.78, 5) is 15.4. The lowest BCUT2D eigenvalue weighted by molar-refractivity contribution is 1.10. The van der Waals surface area contributed by atoms with Gasteiger partial charge in [-0.3, -0.25) is 0 Å². The summed E-state index contributed by atoms with van der Waals surface area (Å²) in [5.41, 5.74) is 0.190. The van der Waals surface area contributed by atoms with E-state index in [-0.39, 0.29) is 37.2 Å². The average Bonchev–Trinajstić information content (AvgIpc) is 2.27. The molecule has 0 saturated carbocycles. The van der Waals surface area contributed by atoms with E-state index in [2.05, 4.69) is 19.9 Å². The fraction of sp³-hybridized carbons (Fsp3) is 0. The molecule has 0 bridgehead atoms. The van der Waals surface area contributed by atoms with Crippen LogP contribution in [-0.4, -0.2) is 19.9 Å². The minimum absolute atomic E-state index is 0.0105. The first-order valence-corrected chi connectivity index (χ1v) is 5.95. The van der Waals surface area contributed by atoms with Crippen LogP contribution in [0.25, 0.3) is 11.5 Å². The lowest BCUT2D eigenvalue weighted by Crippen LogP contribution is -1.96. The second kappa shape index (κ2) is 5.08. The maximum atomic E-state index is 5.92. The molecule has 88 valence electrons. The van der Waals surface area contributed by atoms with Crippen molar-refractivity contribution in [3.8, 4) is 11.5 Å². The normalized spacial score (nSPS) is 10.6. The lowest BCUT2D eigenvalue weighted by atomic mass is 10.4. The van der Waals surface area contributed by atoms with Gasteiger partial charge in [-0.15, -0.1) is 0 Å². The second-order valence-electron chi connectivity index (χ2n) is 2.78. The topological polar surface area (TPSA) is 51.6 Å². The van der Waals surface area contributed by atoms with E-state index in [1.807, 2.05) is 0 Å². The monoisotopic (exact) mass is 328 g/mol. The first kappa shape index (κ1) is 13.1. The van der Waals surface area contributed by atoms with Gasteiger partial charge in [-0.2, -0.15) is 0 Å². The van der Waals surface area contributed by atoms with Gasteiger partial charge in [0.05, 0.1) is 11.2 Å². The summed E-state index contributed by atoms with van der Waals surface area (Å²) in [5.74, 6) is 0.163. The number of nitrogens with zero attached hydrogens (tertiary/aromatic N) is 4. The average molecular weight is 330 g/mol. The van der Waals surface area contributed by atoms with Gasteiger partial charge < -0.3 is 0 Å². The van der Waals surface area contributed by atoms with E-state index in [0.717, 1.165) is 0 Å². The van der Waals surface area contributed by atoms with E-state index in [9.17, 15) is 0 Å². The maximum absolute atomic E-state index is 5.92. The Balaban J connectivity index is 2.64. The highest BCUT2D eigenvalue weighted by Crippen LogP contribution is 2.31. The summed E-state index contributed by atoms with van der Waals surface area (Å²) in [6.45, 7) is 0. The third kappa shape index (κ3) is 2.72. The highest BCUT2D eigenvalue weighted by molar-refractivity contribution is 6.43. The summed E-state index contributed by atoms with van der Waals surface area (Å²) in [5, 5.41) is 0.339. The Morgan fingerprint density at radius 3 is 2.18 bits per heavy atom. The molecule has 2 rings (SSSR count). The largest absolute Gasteiger partial charge is 0.233 e. The molecule has 0 aliphatic rings. The number of aromatic nitrogens is 4. The van der Waals surface area contributed by atoms with E-state index in [1.54, 1.807) is 0 Å². The summed E-state index contributed by atoms with van der Waals surface area (Å²) in [6.07, 6.45) is 1.33. The van der Waals surface area contributed by atoms with Crippen molar-refractivity contribution in [1.29, 1.82) is 0 Å². The molecule has 0 atom stereocenters. The SMILES string of the molecule is Clc1nc(Cl)c(Cl)c(-c2ncc(Cl)c(Cl)n2)n1. The highest BCUT2D eigenvalue weighted by atomic mass is 35.5. The Bertz CT molecular complexity index is 588. The Kier molecular flexibility index (Phi) is 3.90. The number of halogens is 5. The summed E-state index contributed by atoms with van der Waals surface area (Å²) in [7, 11) is 0. The molecule has 0 aliphatic heterocycles. The molecule has 9 heteroatoms. The van der Waals surface area contributed by atoms with Crippen LogP contribution in [0.5, 0.6) is 0 Å². The van der Waals surface area contributed by atoms with Gasteiger partial charge in [0.2, 0.25) is 5.28 Å². The van der Waals surface area contributed by atoms with Crippen molar-refractivity contribution < 1.29 is 0 Å². The first-order valence-electron chi connectivity index (χ1n) is 4.06. The van der Waals surface area contributed by atoms with Gasteiger partial charge >= 0.3 is 0 Å². The molecule has 0 amide bonds. The summed E-state index contributed by atoms with van der Waals surface area (Å²) < 4.78 is 0. The van der Waals surface area contributed by atoms with Crippen LogP contribution in [0.15, 0.2) is 6.20 Å². The van der Waals surface area contributed by atoms with Crippen LogP contribution in [0.3, 0.4) is 0 Å². The third-order valence-electron chi connectivity index (χ3n) is 1.70. The van der Waals surface area contributed by atoms with E-state index in [0.29, 0.717) is 0 Å². The first-order chi connectivity index (χ1) is 7.99. The third-order valence-corrected chi connectivity index (χ3v) is 3.26. The van der Waals surface area contributed by atoms with Gasteiger partial charge in [0.25, 0.3) is 0 Å². The van der Waals surface area contributed by atoms with Crippen LogP contribution in [0.4, 0.5) is 0 Å². The van der Waals surface area contributed by atoms with Crippen molar-refractivity contribution >= 4 is 58.0 Å². The van der Waals surface area contributed by atoms with Crippen LogP contribution < -0.4 is 0 Å². The summed E-state index contributed by atoms with van der Waals surface area (Å²) >= 11 is 28.8. The van der Waals surface area contributed by atoms with Gasteiger partial charge in [0, 0.05) is 0 Å². The van der Waals surface area contributed by atoms with Crippen molar-refractivity contribution in [2.75, 3.05) is 0 Å². The van der Waals surface area contributed by atoms with Crippen LogP contribution in [-0.2, 0) is 0 Å². The molecule has 0 aliphatic carbocycles. The molecule has 0 saturated heterocycles. The Morgan fingerprint density at radius 1 is 0.824 bits per heavy atom. The predicted molar refractivity (Wildman–Crippen MR) is 68.1 cm³/mol. The van der Waals surface area contributed by atoms with Gasteiger partial charge in [-0.25, -0.2) is 19.9 Å². The van der Waals surface area contributed by atoms with Crippen molar-refractivity contribution in [3.05, 3.63) is 31.8 Å². The van der Waals surface area contributed by atoms with Crippen molar-refractivity contribution in [1.82, 2.24) is 19.9 Å².